The zero-order valence-corrected chi connectivity index (χ0v) is 17.0. The second-order valence-electron chi connectivity index (χ2n) is 7.50. The molecule has 33 heavy (non-hydrogen) atoms. The van der Waals surface area contributed by atoms with E-state index in [-0.39, 0.29) is 33.5 Å². The number of fused-ring (bicyclic) bond motifs is 4. The molecule has 8 nitrogen and oxygen atoms in total. The molecule has 0 N–H and O–H groups in total. The number of pyridine rings is 1. The molecule has 4 aromatic heterocycles. The number of benzene rings is 2. The van der Waals surface area contributed by atoms with Crippen LogP contribution in [0, 0.1) is 11.9 Å². The highest BCUT2D eigenvalue weighted by molar-refractivity contribution is 7.14. The van der Waals surface area contributed by atoms with E-state index in [0.717, 1.165) is 9.30 Å². The first kappa shape index (κ1) is 18.2. The van der Waals surface area contributed by atoms with Crippen LogP contribution in [0.4, 0.5) is 13.8 Å². The summed E-state index contributed by atoms with van der Waals surface area (Å²) in [6.07, 6.45) is 0. The van der Waals surface area contributed by atoms with E-state index >= 15 is 0 Å². The number of anilines is 1. The van der Waals surface area contributed by atoms with E-state index < -0.39 is 29.3 Å². The van der Waals surface area contributed by atoms with E-state index in [4.69, 9.17) is 0 Å². The van der Waals surface area contributed by atoms with E-state index in [9.17, 15) is 23.2 Å². The summed E-state index contributed by atoms with van der Waals surface area (Å²) in [4.78, 5) is 52.3. The lowest BCUT2D eigenvalue weighted by Crippen LogP contribution is -2.40. The van der Waals surface area contributed by atoms with E-state index in [2.05, 4.69) is 15.0 Å². The molecule has 0 bridgehead atoms. The summed E-state index contributed by atoms with van der Waals surface area (Å²) in [6, 6.07) is 9.56. The van der Waals surface area contributed by atoms with E-state index in [1.54, 1.807) is 29.6 Å². The van der Waals surface area contributed by atoms with Crippen LogP contribution in [-0.2, 0) is 0 Å². The number of aromatic nitrogens is 4. The standard InChI is InChI=1S/C22H7F2N5O3S/c23-15-16(24)26-19-17(25-15)27-18-8-3-4-10-14-11(6-5-9(13(8)14)22(32)29(18)19)21(31)28(20(10)30)12-2-1-7-33-12/h1-7H. The summed E-state index contributed by atoms with van der Waals surface area (Å²) >= 11 is 1.26. The fourth-order valence-electron chi connectivity index (χ4n) is 4.49. The second-order valence-corrected chi connectivity index (χ2v) is 8.42. The molecule has 0 fully saturated rings. The fraction of sp³-hybridized carbons (Fsp3) is 0. The highest BCUT2D eigenvalue weighted by Gasteiger charge is 2.36. The minimum absolute atomic E-state index is 0.0804. The molecule has 0 atom stereocenters. The number of carbonyl (C=O) groups is 2. The third kappa shape index (κ3) is 2.11. The van der Waals surface area contributed by atoms with Crippen LogP contribution in [0.5, 0.6) is 0 Å². The number of amides is 2. The molecule has 2 aromatic carbocycles. The normalized spacial score (nSPS) is 13.9. The maximum absolute atomic E-state index is 13.8. The van der Waals surface area contributed by atoms with Gasteiger partial charge in [-0.15, -0.1) is 11.3 Å². The van der Waals surface area contributed by atoms with Crippen LogP contribution in [0.3, 0.4) is 0 Å². The molecule has 0 spiro atoms. The van der Waals surface area contributed by atoms with Gasteiger partial charge >= 0.3 is 0 Å². The number of thiophene rings is 1. The molecule has 0 aliphatic carbocycles. The Morgan fingerprint density at radius 3 is 2.15 bits per heavy atom. The molecular weight excluding hydrogens is 452 g/mol. The van der Waals surface area contributed by atoms with Crippen LogP contribution in [0.2, 0.25) is 0 Å². The molecule has 0 radical (unpaired) electrons. The maximum Gasteiger partial charge on any atom is 0.270 e. The van der Waals surface area contributed by atoms with Crippen molar-refractivity contribution in [3.05, 3.63) is 75.2 Å². The van der Waals surface area contributed by atoms with Gasteiger partial charge in [-0.05, 0) is 41.8 Å². The summed E-state index contributed by atoms with van der Waals surface area (Å²) in [6.45, 7) is 0. The molecule has 11 heteroatoms. The van der Waals surface area contributed by atoms with Crippen LogP contribution >= 0.6 is 11.3 Å². The van der Waals surface area contributed by atoms with Gasteiger partial charge in [-0.25, -0.2) is 14.3 Å². The highest BCUT2D eigenvalue weighted by Crippen LogP contribution is 2.39. The number of imidazole rings is 1. The van der Waals surface area contributed by atoms with Gasteiger partial charge in [0.2, 0.25) is 5.65 Å². The van der Waals surface area contributed by atoms with Crippen LogP contribution in [-0.4, -0.2) is 31.2 Å². The third-order valence-corrected chi connectivity index (χ3v) is 6.70. The Labute approximate surface area is 184 Å². The van der Waals surface area contributed by atoms with Crippen molar-refractivity contribution in [2.75, 3.05) is 4.90 Å². The van der Waals surface area contributed by atoms with Gasteiger partial charge in [0.15, 0.2) is 11.3 Å². The van der Waals surface area contributed by atoms with Gasteiger partial charge in [-0.3, -0.25) is 14.4 Å². The van der Waals surface area contributed by atoms with Crippen LogP contribution in [0.25, 0.3) is 38.5 Å². The number of imide groups is 1. The Bertz CT molecular complexity index is 1890. The SMILES string of the molecule is O=C1c2ccc3c(=O)n4c5nc(F)c(F)nc5nc4c4ccc(c2c34)C(=O)N1c1cccs1. The molecule has 1 aliphatic rings. The Morgan fingerprint density at radius 2 is 1.45 bits per heavy atom. The Kier molecular flexibility index (Phi) is 3.25. The van der Waals surface area contributed by atoms with Crippen LogP contribution in [0.1, 0.15) is 20.7 Å². The number of carbonyl (C=O) groups excluding carboxylic acids is 2. The van der Waals surface area contributed by atoms with Gasteiger partial charge in [0, 0.05) is 32.7 Å². The number of halogens is 2. The van der Waals surface area contributed by atoms with Gasteiger partial charge in [0.25, 0.3) is 29.3 Å². The average molecular weight is 459 g/mol. The maximum atomic E-state index is 13.8. The summed E-state index contributed by atoms with van der Waals surface area (Å²) < 4.78 is 28.5. The molecule has 0 saturated heterocycles. The minimum Gasteiger partial charge on any atom is -0.268 e. The smallest absolute Gasteiger partial charge is 0.268 e. The van der Waals surface area contributed by atoms with Crippen molar-refractivity contribution in [3.8, 4) is 0 Å². The minimum atomic E-state index is -1.45. The zero-order valence-electron chi connectivity index (χ0n) is 16.2. The van der Waals surface area contributed by atoms with E-state index in [1.165, 1.54) is 23.5 Å². The molecular formula is C22H7F2N5O3S. The predicted molar refractivity (Wildman–Crippen MR) is 116 cm³/mol. The summed E-state index contributed by atoms with van der Waals surface area (Å²) in [5, 5.41) is 3.60. The van der Waals surface area contributed by atoms with Gasteiger partial charge in [0.05, 0.1) is 0 Å². The predicted octanol–water partition coefficient (Wildman–Crippen LogP) is 3.52. The first-order valence-corrected chi connectivity index (χ1v) is 10.5. The van der Waals surface area contributed by atoms with E-state index in [1.807, 2.05) is 0 Å². The first-order chi connectivity index (χ1) is 16.0. The topological polar surface area (TPSA) is 97.5 Å². The number of rotatable bonds is 1. The average Bonchev–Trinajstić information content (AvgIpc) is 3.45. The first-order valence-electron chi connectivity index (χ1n) is 9.64. The molecule has 6 aromatic rings. The molecule has 2 amide bonds. The Morgan fingerprint density at radius 1 is 0.758 bits per heavy atom. The van der Waals surface area contributed by atoms with Gasteiger partial charge in [-0.2, -0.15) is 18.7 Å². The summed E-state index contributed by atoms with van der Waals surface area (Å²) in [5.74, 6) is -3.88. The third-order valence-electron chi connectivity index (χ3n) is 5.84. The Balaban J connectivity index is 1.65. The number of hydrogen-bond acceptors (Lipinski definition) is 7. The number of hydrogen-bond donors (Lipinski definition) is 0. The highest BCUT2D eigenvalue weighted by atomic mass is 32.1. The quantitative estimate of drug-likeness (QED) is 0.349. The van der Waals surface area contributed by atoms with Gasteiger partial charge in [0.1, 0.15) is 5.00 Å². The fourth-order valence-corrected chi connectivity index (χ4v) is 5.22. The Hall–Kier alpha value is -4.38. The second kappa shape index (κ2) is 5.90. The largest absolute Gasteiger partial charge is 0.270 e. The number of nitrogens with zero attached hydrogens (tertiary/aromatic N) is 5. The summed E-state index contributed by atoms with van der Waals surface area (Å²) in [5.41, 5.74) is -0.426. The van der Waals surface area contributed by atoms with Crippen molar-refractivity contribution in [1.82, 2.24) is 19.4 Å². The molecule has 0 unspecified atom stereocenters. The van der Waals surface area contributed by atoms with Crippen molar-refractivity contribution in [2.45, 2.75) is 0 Å². The molecule has 5 heterocycles. The van der Waals surface area contributed by atoms with Crippen molar-refractivity contribution in [1.29, 1.82) is 0 Å². The molecule has 0 saturated carbocycles. The van der Waals surface area contributed by atoms with Gasteiger partial charge in [-0.1, -0.05) is 0 Å². The van der Waals surface area contributed by atoms with Gasteiger partial charge < -0.3 is 0 Å². The van der Waals surface area contributed by atoms with Crippen LogP contribution < -0.4 is 10.5 Å². The monoisotopic (exact) mass is 459 g/mol. The van der Waals surface area contributed by atoms with Crippen molar-refractivity contribution < 1.29 is 18.4 Å². The lowest BCUT2D eigenvalue weighted by Gasteiger charge is -2.26. The molecule has 158 valence electrons. The lowest BCUT2D eigenvalue weighted by molar-refractivity contribution is 0.0894. The van der Waals surface area contributed by atoms with Crippen molar-refractivity contribution in [2.24, 2.45) is 0 Å². The summed E-state index contributed by atoms with van der Waals surface area (Å²) in [7, 11) is 0. The zero-order chi connectivity index (χ0) is 22.6. The molecule has 7 rings (SSSR count). The lowest BCUT2D eigenvalue weighted by atomic mass is 9.90. The van der Waals surface area contributed by atoms with E-state index in [0.29, 0.717) is 21.2 Å². The van der Waals surface area contributed by atoms with Crippen molar-refractivity contribution >= 4 is 66.6 Å². The molecule has 1 aliphatic heterocycles. The van der Waals surface area contributed by atoms with Crippen LogP contribution in [0.15, 0.2) is 46.6 Å². The van der Waals surface area contributed by atoms with Crippen molar-refractivity contribution in [3.63, 3.8) is 0 Å².